The molecule has 1 aromatic carbocycles. The number of aryl methyl sites for hydroxylation is 1. The van der Waals surface area contributed by atoms with Crippen molar-refractivity contribution in [1.29, 1.82) is 0 Å². The number of thiocarbonyl (C=S) groups is 1. The highest BCUT2D eigenvalue weighted by atomic mass is 32.1. The Hall–Kier alpha value is -1.46. The molecule has 0 aliphatic rings. The first-order valence-electron chi connectivity index (χ1n) is 5.77. The molecule has 0 bridgehead atoms. The fourth-order valence-corrected chi connectivity index (χ4v) is 1.62. The molecule has 0 heterocycles. The van der Waals surface area contributed by atoms with Gasteiger partial charge in [0.15, 0.2) is 5.11 Å². The van der Waals surface area contributed by atoms with Gasteiger partial charge in [-0.25, -0.2) is 0 Å². The molecule has 1 rings (SSSR count). The van der Waals surface area contributed by atoms with E-state index in [9.17, 15) is 0 Å². The average molecular weight is 265 g/mol. The third kappa shape index (κ3) is 5.75. The van der Waals surface area contributed by atoms with Crippen LogP contribution in [0.5, 0.6) is 0 Å². The van der Waals surface area contributed by atoms with Gasteiger partial charge in [-0.05, 0) is 31.6 Å². The summed E-state index contributed by atoms with van der Waals surface area (Å²) in [4.78, 5) is 0. The maximum atomic E-state index is 5.09. The molecule has 0 fully saturated rings. The maximum Gasteiger partial charge on any atom is 0.187 e. The van der Waals surface area contributed by atoms with Gasteiger partial charge in [-0.3, -0.25) is 5.43 Å². The first-order chi connectivity index (χ1) is 8.61. The normalized spacial score (nSPS) is 12.4. The predicted octanol–water partition coefficient (Wildman–Crippen LogP) is 1.83. The van der Waals surface area contributed by atoms with E-state index in [-0.39, 0.29) is 6.04 Å². The van der Waals surface area contributed by atoms with Crippen molar-refractivity contribution >= 4 is 23.5 Å². The van der Waals surface area contributed by atoms with E-state index < -0.39 is 0 Å². The molecule has 0 aromatic heterocycles. The summed E-state index contributed by atoms with van der Waals surface area (Å²) in [6, 6.07) is 8.25. The number of methoxy groups -OCH3 is 1. The minimum absolute atomic E-state index is 0.157. The number of nitrogens with zero attached hydrogens (tertiary/aromatic N) is 1. The van der Waals surface area contributed by atoms with Crippen molar-refractivity contribution in [2.75, 3.05) is 13.7 Å². The van der Waals surface area contributed by atoms with Crippen LogP contribution in [0.2, 0.25) is 0 Å². The van der Waals surface area contributed by atoms with Crippen molar-refractivity contribution in [1.82, 2.24) is 10.7 Å². The van der Waals surface area contributed by atoms with Gasteiger partial charge in [0.25, 0.3) is 0 Å². The highest BCUT2D eigenvalue weighted by Gasteiger charge is 2.01. The molecule has 0 aliphatic carbocycles. The molecular formula is C13H19N3OS. The summed E-state index contributed by atoms with van der Waals surface area (Å²) < 4.78 is 5.00. The van der Waals surface area contributed by atoms with Gasteiger partial charge >= 0.3 is 0 Å². The fraction of sp³-hybridized carbons (Fsp3) is 0.385. The predicted molar refractivity (Wildman–Crippen MR) is 79.0 cm³/mol. The van der Waals surface area contributed by atoms with Gasteiger partial charge in [0, 0.05) is 13.2 Å². The second-order valence-corrected chi connectivity index (χ2v) is 4.52. The highest BCUT2D eigenvalue weighted by Crippen LogP contribution is 1.99. The number of nitrogens with one attached hydrogen (secondary N) is 2. The summed E-state index contributed by atoms with van der Waals surface area (Å²) in [6.45, 7) is 4.64. The number of hydrazone groups is 1. The van der Waals surface area contributed by atoms with Crippen molar-refractivity contribution in [3.63, 3.8) is 0 Å². The van der Waals surface area contributed by atoms with E-state index in [0.29, 0.717) is 11.7 Å². The van der Waals surface area contributed by atoms with E-state index in [1.165, 1.54) is 5.56 Å². The van der Waals surface area contributed by atoms with Crippen LogP contribution in [0.25, 0.3) is 0 Å². The number of hydrogen-bond acceptors (Lipinski definition) is 3. The quantitative estimate of drug-likeness (QED) is 0.484. The summed E-state index contributed by atoms with van der Waals surface area (Å²) in [5.41, 5.74) is 5.03. The Balaban J connectivity index is 2.35. The molecule has 1 aromatic rings. The van der Waals surface area contributed by atoms with Crippen molar-refractivity contribution < 1.29 is 4.74 Å². The standard InChI is InChI=1S/C13H19N3OS/c1-10-4-6-12(7-5-10)8-14-16-13(18)15-11(2)9-17-3/h4-8,11H,9H2,1-3H3,(H2,15,16,18)/b14-8-/t11-/m0/s1. The molecule has 0 spiro atoms. The van der Waals surface area contributed by atoms with Gasteiger partial charge in [0.05, 0.1) is 12.8 Å². The van der Waals surface area contributed by atoms with E-state index in [1.54, 1.807) is 13.3 Å². The molecule has 4 nitrogen and oxygen atoms in total. The van der Waals surface area contributed by atoms with Crippen LogP contribution in [-0.2, 0) is 4.74 Å². The lowest BCUT2D eigenvalue weighted by Crippen LogP contribution is -2.40. The van der Waals surface area contributed by atoms with E-state index in [4.69, 9.17) is 17.0 Å². The lowest BCUT2D eigenvalue weighted by Gasteiger charge is -2.13. The Morgan fingerprint density at radius 3 is 2.72 bits per heavy atom. The largest absolute Gasteiger partial charge is 0.383 e. The minimum Gasteiger partial charge on any atom is -0.383 e. The molecule has 18 heavy (non-hydrogen) atoms. The van der Waals surface area contributed by atoms with Crippen LogP contribution < -0.4 is 10.7 Å². The Kier molecular flexibility index (Phi) is 6.32. The summed E-state index contributed by atoms with van der Waals surface area (Å²) in [6.07, 6.45) is 1.73. The van der Waals surface area contributed by atoms with Crippen molar-refractivity contribution in [2.24, 2.45) is 5.10 Å². The van der Waals surface area contributed by atoms with E-state index in [1.807, 2.05) is 31.2 Å². The van der Waals surface area contributed by atoms with Crippen molar-refractivity contribution in [2.45, 2.75) is 19.9 Å². The molecule has 2 N–H and O–H groups in total. The molecule has 0 saturated carbocycles. The van der Waals surface area contributed by atoms with E-state index in [2.05, 4.69) is 22.8 Å². The summed E-state index contributed by atoms with van der Waals surface area (Å²) in [5, 5.41) is 7.61. The zero-order valence-electron chi connectivity index (χ0n) is 10.9. The second-order valence-electron chi connectivity index (χ2n) is 4.11. The summed E-state index contributed by atoms with van der Waals surface area (Å²) in [5.74, 6) is 0. The summed E-state index contributed by atoms with van der Waals surface area (Å²) >= 11 is 5.09. The van der Waals surface area contributed by atoms with Gasteiger partial charge in [0.1, 0.15) is 0 Å². The number of hydrogen-bond donors (Lipinski definition) is 2. The van der Waals surface area contributed by atoms with Crippen LogP contribution in [0.15, 0.2) is 29.4 Å². The number of rotatable bonds is 5. The second kappa shape index (κ2) is 7.79. The third-order valence-corrected chi connectivity index (χ3v) is 2.46. The Bertz CT molecular complexity index is 403. The van der Waals surface area contributed by atoms with Crippen LogP contribution in [0, 0.1) is 6.92 Å². The molecule has 98 valence electrons. The Labute approximate surface area is 113 Å². The smallest absolute Gasteiger partial charge is 0.187 e. The first kappa shape index (κ1) is 14.6. The third-order valence-electron chi connectivity index (χ3n) is 2.25. The van der Waals surface area contributed by atoms with Crippen LogP contribution in [-0.4, -0.2) is 31.1 Å². The Morgan fingerprint density at radius 2 is 2.11 bits per heavy atom. The zero-order chi connectivity index (χ0) is 13.4. The Morgan fingerprint density at radius 1 is 1.44 bits per heavy atom. The van der Waals surface area contributed by atoms with Crippen LogP contribution in [0.3, 0.4) is 0 Å². The zero-order valence-corrected chi connectivity index (χ0v) is 11.8. The van der Waals surface area contributed by atoms with Crippen LogP contribution in [0.1, 0.15) is 18.1 Å². The van der Waals surface area contributed by atoms with Gasteiger partial charge < -0.3 is 10.1 Å². The SMILES string of the molecule is COC[C@H](C)NC(=S)N/N=C\c1ccc(C)cc1. The highest BCUT2D eigenvalue weighted by molar-refractivity contribution is 7.80. The topological polar surface area (TPSA) is 45.6 Å². The van der Waals surface area contributed by atoms with Crippen molar-refractivity contribution in [3.05, 3.63) is 35.4 Å². The lowest BCUT2D eigenvalue weighted by molar-refractivity contribution is 0.179. The van der Waals surface area contributed by atoms with Crippen LogP contribution >= 0.6 is 12.2 Å². The molecule has 0 unspecified atom stereocenters. The lowest BCUT2D eigenvalue weighted by atomic mass is 10.2. The van der Waals surface area contributed by atoms with Gasteiger partial charge in [-0.2, -0.15) is 5.10 Å². The summed E-state index contributed by atoms with van der Waals surface area (Å²) in [7, 11) is 1.66. The average Bonchev–Trinajstić information content (AvgIpc) is 2.32. The van der Waals surface area contributed by atoms with E-state index in [0.717, 1.165) is 5.56 Å². The molecule has 0 amide bonds. The number of ether oxygens (including phenoxy) is 1. The number of benzene rings is 1. The molecular weight excluding hydrogens is 246 g/mol. The molecule has 0 radical (unpaired) electrons. The maximum absolute atomic E-state index is 5.09. The minimum atomic E-state index is 0.157. The molecule has 0 saturated heterocycles. The monoisotopic (exact) mass is 265 g/mol. The van der Waals surface area contributed by atoms with Gasteiger partial charge in [-0.1, -0.05) is 29.8 Å². The van der Waals surface area contributed by atoms with Crippen molar-refractivity contribution in [3.8, 4) is 0 Å². The van der Waals surface area contributed by atoms with Gasteiger partial charge in [0.2, 0.25) is 0 Å². The fourth-order valence-electron chi connectivity index (χ4n) is 1.37. The molecule has 5 heteroatoms. The molecule has 0 aliphatic heterocycles. The molecule has 1 atom stereocenters. The van der Waals surface area contributed by atoms with Gasteiger partial charge in [-0.15, -0.1) is 0 Å². The van der Waals surface area contributed by atoms with Crippen LogP contribution in [0.4, 0.5) is 0 Å². The van der Waals surface area contributed by atoms with E-state index >= 15 is 0 Å². The first-order valence-corrected chi connectivity index (χ1v) is 6.18.